The van der Waals surface area contributed by atoms with Gasteiger partial charge in [-0.15, -0.1) is 0 Å². The lowest BCUT2D eigenvalue weighted by atomic mass is 9.95. The van der Waals surface area contributed by atoms with Crippen molar-refractivity contribution in [1.82, 2.24) is 25.1 Å². The van der Waals surface area contributed by atoms with Crippen LogP contribution in [0.15, 0.2) is 24.3 Å². The molecular formula is C23H29N5O4. The van der Waals surface area contributed by atoms with Crippen molar-refractivity contribution >= 4 is 17.7 Å². The summed E-state index contributed by atoms with van der Waals surface area (Å²) in [5.41, 5.74) is 1.86. The van der Waals surface area contributed by atoms with Gasteiger partial charge >= 0.3 is 0 Å². The summed E-state index contributed by atoms with van der Waals surface area (Å²) in [6, 6.07) is 7.44. The van der Waals surface area contributed by atoms with Crippen LogP contribution in [0.1, 0.15) is 41.5 Å². The minimum absolute atomic E-state index is 0.0293. The van der Waals surface area contributed by atoms with Crippen molar-refractivity contribution in [3.63, 3.8) is 0 Å². The third-order valence-corrected chi connectivity index (χ3v) is 6.42. The first-order chi connectivity index (χ1) is 15.4. The lowest BCUT2D eigenvalue weighted by Gasteiger charge is -2.32. The van der Waals surface area contributed by atoms with Crippen LogP contribution in [0.25, 0.3) is 11.3 Å². The van der Waals surface area contributed by atoms with Gasteiger partial charge in [-0.25, -0.2) is 4.98 Å². The molecule has 9 nitrogen and oxygen atoms in total. The lowest BCUT2D eigenvalue weighted by Crippen LogP contribution is -2.42. The molecule has 0 aliphatic carbocycles. The van der Waals surface area contributed by atoms with E-state index in [9.17, 15) is 14.4 Å². The number of hydrogen-bond acceptors (Lipinski definition) is 5. The quantitative estimate of drug-likeness (QED) is 0.736. The van der Waals surface area contributed by atoms with Crippen molar-refractivity contribution < 1.29 is 19.1 Å². The van der Waals surface area contributed by atoms with E-state index in [1.54, 1.807) is 26.1 Å². The second-order valence-corrected chi connectivity index (χ2v) is 8.43. The normalized spacial score (nSPS) is 19.3. The van der Waals surface area contributed by atoms with E-state index in [1.807, 2.05) is 29.2 Å². The molecule has 0 bridgehead atoms. The van der Waals surface area contributed by atoms with Crippen molar-refractivity contribution in [2.75, 3.05) is 40.8 Å². The van der Waals surface area contributed by atoms with Gasteiger partial charge in [-0.05, 0) is 37.1 Å². The standard InChI is InChI=1S/C23H29N5O4/c1-24-22(30)20-19(14-4-6-17(32-3)7-5-14)25-21(26-20)15-8-10-28(11-9-15)23(31)16-12-18(29)27(2)13-16/h4-7,15-16H,8-13H2,1-3H3,(H,24,30)(H,25,26)/t16-/m1/s1. The first-order valence-electron chi connectivity index (χ1n) is 10.9. The summed E-state index contributed by atoms with van der Waals surface area (Å²) in [5, 5.41) is 2.67. The highest BCUT2D eigenvalue weighted by atomic mass is 16.5. The number of carbonyl (C=O) groups excluding carboxylic acids is 3. The van der Waals surface area contributed by atoms with Gasteiger partial charge in [0.05, 0.1) is 13.0 Å². The molecule has 4 rings (SSSR count). The molecule has 2 aliphatic rings. The Hall–Kier alpha value is -3.36. The van der Waals surface area contributed by atoms with Gasteiger partial charge in [-0.2, -0.15) is 0 Å². The Morgan fingerprint density at radius 2 is 1.88 bits per heavy atom. The number of ether oxygens (including phenoxy) is 1. The summed E-state index contributed by atoms with van der Waals surface area (Å²) in [7, 11) is 4.94. The van der Waals surface area contributed by atoms with E-state index in [0.717, 1.165) is 30.0 Å². The fourth-order valence-corrected chi connectivity index (χ4v) is 4.49. The minimum atomic E-state index is -0.241. The van der Waals surface area contributed by atoms with Gasteiger partial charge in [-0.1, -0.05) is 0 Å². The Morgan fingerprint density at radius 1 is 1.19 bits per heavy atom. The van der Waals surface area contributed by atoms with Crippen LogP contribution in [-0.2, 0) is 9.59 Å². The van der Waals surface area contributed by atoms with Gasteiger partial charge in [0.25, 0.3) is 5.91 Å². The number of piperidine rings is 1. The number of hydrogen-bond donors (Lipinski definition) is 2. The molecule has 0 unspecified atom stereocenters. The highest BCUT2D eigenvalue weighted by Gasteiger charge is 2.36. The summed E-state index contributed by atoms with van der Waals surface area (Å²) in [6.45, 7) is 1.73. The zero-order chi connectivity index (χ0) is 22.8. The monoisotopic (exact) mass is 439 g/mol. The van der Waals surface area contributed by atoms with Gasteiger partial charge in [-0.3, -0.25) is 14.4 Å². The molecular weight excluding hydrogens is 410 g/mol. The van der Waals surface area contributed by atoms with E-state index in [1.165, 1.54) is 0 Å². The van der Waals surface area contributed by atoms with E-state index in [2.05, 4.69) is 10.3 Å². The average molecular weight is 440 g/mol. The van der Waals surface area contributed by atoms with Crippen LogP contribution < -0.4 is 10.1 Å². The molecule has 1 atom stereocenters. The van der Waals surface area contributed by atoms with Crippen LogP contribution in [0.3, 0.4) is 0 Å². The Bertz CT molecular complexity index is 1010. The Kier molecular flexibility index (Phi) is 6.16. The minimum Gasteiger partial charge on any atom is -0.497 e. The molecule has 9 heteroatoms. The smallest absolute Gasteiger partial charge is 0.269 e. The third-order valence-electron chi connectivity index (χ3n) is 6.42. The van der Waals surface area contributed by atoms with E-state index in [-0.39, 0.29) is 29.6 Å². The first kappa shape index (κ1) is 21.9. The average Bonchev–Trinajstić information content (AvgIpc) is 3.42. The second-order valence-electron chi connectivity index (χ2n) is 8.43. The van der Waals surface area contributed by atoms with Crippen LogP contribution in [0, 0.1) is 5.92 Å². The summed E-state index contributed by atoms with van der Waals surface area (Å²) in [4.78, 5) is 48.6. The number of rotatable bonds is 5. The lowest BCUT2D eigenvalue weighted by molar-refractivity contribution is -0.136. The van der Waals surface area contributed by atoms with E-state index >= 15 is 0 Å². The molecule has 2 aromatic rings. The molecule has 32 heavy (non-hydrogen) atoms. The van der Waals surface area contributed by atoms with Crippen molar-refractivity contribution in [2.24, 2.45) is 5.92 Å². The molecule has 0 spiro atoms. The number of amides is 3. The summed E-state index contributed by atoms with van der Waals surface area (Å²) in [6.07, 6.45) is 1.81. The number of aromatic amines is 1. The van der Waals surface area contributed by atoms with Crippen molar-refractivity contribution in [2.45, 2.75) is 25.2 Å². The predicted octanol–water partition coefficient (Wildman–Crippen LogP) is 1.63. The zero-order valence-corrected chi connectivity index (χ0v) is 18.7. The molecule has 2 saturated heterocycles. The zero-order valence-electron chi connectivity index (χ0n) is 18.7. The maximum absolute atomic E-state index is 12.8. The van der Waals surface area contributed by atoms with Gasteiger partial charge in [0.1, 0.15) is 23.0 Å². The van der Waals surface area contributed by atoms with E-state index < -0.39 is 0 Å². The number of carbonyl (C=O) groups is 3. The maximum Gasteiger partial charge on any atom is 0.269 e. The molecule has 170 valence electrons. The second kappa shape index (κ2) is 9.02. The molecule has 1 aromatic carbocycles. The fourth-order valence-electron chi connectivity index (χ4n) is 4.49. The Morgan fingerprint density at radius 3 is 2.44 bits per heavy atom. The number of imidazole rings is 1. The Balaban J connectivity index is 1.48. The van der Waals surface area contributed by atoms with Crippen LogP contribution in [0.2, 0.25) is 0 Å². The van der Waals surface area contributed by atoms with E-state index in [4.69, 9.17) is 9.72 Å². The van der Waals surface area contributed by atoms with Gasteiger partial charge < -0.3 is 24.8 Å². The molecule has 0 radical (unpaired) electrons. The van der Waals surface area contributed by atoms with E-state index in [0.29, 0.717) is 37.4 Å². The van der Waals surface area contributed by atoms with Crippen LogP contribution >= 0.6 is 0 Å². The van der Waals surface area contributed by atoms with Crippen LogP contribution in [0.4, 0.5) is 0 Å². The van der Waals surface area contributed by atoms with Gasteiger partial charge in [0.2, 0.25) is 11.8 Å². The summed E-state index contributed by atoms with van der Waals surface area (Å²) in [5.74, 6) is 1.25. The van der Waals surface area contributed by atoms with Crippen LogP contribution in [-0.4, -0.2) is 78.3 Å². The summed E-state index contributed by atoms with van der Waals surface area (Å²) >= 11 is 0. The number of methoxy groups -OCH3 is 1. The molecule has 0 saturated carbocycles. The van der Waals surface area contributed by atoms with Crippen molar-refractivity contribution in [3.8, 4) is 17.0 Å². The number of benzene rings is 1. The topological polar surface area (TPSA) is 108 Å². The first-order valence-corrected chi connectivity index (χ1v) is 10.9. The number of H-pyrrole nitrogens is 1. The Labute approximate surface area is 187 Å². The number of aromatic nitrogens is 2. The van der Waals surface area contributed by atoms with Crippen molar-refractivity contribution in [1.29, 1.82) is 0 Å². The number of nitrogens with zero attached hydrogens (tertiary/aromatic N) is 3. The number of likely N-dealkylation sites (tertiary alicyclic amines) is 2. The molecule has 1 aromatic heterocycles. The highest BCUT2D eigenvalue weighted by molar-refractivity contribution is 5.98. The predicted molar refractivity (Wildman–Crippen MR) is 118 cm³/mol. The summed E-state index contributed by atoms with van der Waals surface area (Å²) < 4.78 is 5.22. The molecule has 2 fully saturated rings. The largest absolute Gasteiger partial charge is 0.497 e. The molecule has 2 N–H and O–H groups in total. The van der Waals surface area contributed by atoms with Gasteiger partial charge in [0.15, 0.2) is 0 Å². The molecule has 3 heterocycles. The molecule has 3 amide bonds. The molecule has 2 aliphatic heterocycles. The number of nitrogens with one attached hydrogen (secondary N) is 2. The van der Waals surface area contributed by atoms with Crippen molar-refractivity contribution in [3.05, 3.63) is 35.8 Å². The van der Waals surface area contributed by atoms with Crippen LogP contribution in [0.5, 0.6) is 5.75 Å². The van der Waals surface area contributed by atoms with Gasteiger partial charge in [0, 0.05) is 51.6 Å². The SMILES string of the molecule is CNC(=O)c1[nH]c(C2CCN(C(=O)[C@@H]3CC(=O)N(C)C3)CC2)nc1-c1ccc(OC)cc1. The fraction of sp³-hybridized carbons (Fsp3) is 0.478. The third kappa shape index (κ3) is 4.19. The maximum atomic E-state index is 12.8. The highest BCUT2D eigenvalue weighted by Crippen LogP contribution is 2.32.